The van der Waals surface area contributed by atoms with E-state index in [2.05, 4.69) is 12.1 Å². The molecule has 1 saturated heterocycles. The predicted octanol–water partition coefficient (Wildman–Crippen LogP) is 4.71. The maximum Gasteiger partial charge on any atom is 0.257 e. The summed E-state index contributed by atoms with van der Waals surface area (Å²) in [7, 11) is 0. The van der Waals surface area contributed by atoms with Crippen LogP contribution in [0.25, 0.3) is 0 Å². The van der Waals surface area contributed by atoms with Gasteiger partial charge in [0.2, 0.25) is 5.91 Å². The van der Waals surface area contributed by atoms with E-state index in [1.807, 2.05) is 35.2 Å². The summed E-state index contributed by atoms with van der Waals surface area (Å²) in [6, 6.07) is 23.4. The van der Waals surface area contributed by atoms with Crippen LogP contribution in [-0.4, -0.2) is 47.8 Å². The topological polar surface area (TPSA) is 49.9 Å². The van der Waals surface area contributed by atoms with Gasteiger partial charge < -0.3 is 14.5 Å². The lowest BCUT2D eigenvalue weighted by Gasteiger charge is -2.35. The molecule has 34 heavy (non-hydrogen) atoms. The van der Waals surface area contributed by atoms with E-state index in [4.69, 9.17) is 4.74 Å². The summed E-state index contributed by atoms with van der Waals surface area (Å²) < 4.78 is 19.0. The van der Waals surface area contributed by atoms with E-state index in [1.165, 1.54) is 17.7 Å². The van der Waals surface area contributed by atoms with Crippen LogP contribution < -0.4 is 4.74 Å². The maximum absolute atomic E-state index is 13.2. The predicted molar refractivity (Wildman–Crippen MR) is 129 cm³/mol. The summed E-state index contributed by atoms with van der Waals surface area (Å²) in [5.74, 6) is 0.237. The maximum atomic E-state index is 13.2. The minimum Gasteiger partial charge on any atom is -0.488 e. The van der Waals surface area contributed by atoms with E-state index in [1.54, 1.807) is 29.2 Å². The second kappa shape index (κ2) is 11.5. The van der Waals surface area contributed by atoms with Gasteiger partial charge in [-0.2, -0.15) is 0 Å². The highest BCUT2D eigenvalue weighted by Crippen LogP contribution is 2.22. The molecule has 1 aliphatic rings. The molecule has 3 aromatic rings. The molecule has 0 bridgehead atoms. The van der Waals surface area contributed by atoms with Crippen LogP contribution in [0.2, 0.25) is 0 Å². The van der Waals surface area contributed by atoms with Crippen molar-refractivity contribution in [1.82, 2.24) is 9.80 Å². The van der Waals surface area contributed by atoms with Gasteiger partial charge in [0.05, 0.1) is 5.56 Å². The smallest absolute Gasteiger partial charge is 0.257 e. The van der Waals surface area contributed by atoms with Crippen molar-refractivity contribution >= 4 is 11.8 Å². The Morgan fingerprint density at radius 3 is 2.15 bits per heavy atom. The standard InChI is InChI=1S/C28H29FN2O3/c29-24-15-13-23(14-16-24)21-34-26-11-5-4-10-25(26)28(33)31-19-17-30(18-20-31)27(32)12-6-9-22-7-2-1-3-8-22/h1-5,7-8,10-11,13-16H,6,9,12,17-21H2. The molecule has 0 aliphatic carbocycles. The molecule has 0 N–H and O–H groups in total. The molecule has 5 nitrogen and oxygen atoms in total. The average molecular weight is 461 g/mol. The third kappa shape index (κ3) is 6.22. The number of carbonyl (C=O) groups is 2. The number of hydrogen-bond donors (Lipinski definition) is 0. The molecule has 0 saturated carbocycles. The molecular formula is C28H29FN2O3. The van der Waals surface area contributed by atoms with Crippen LogP contribution in [0.3, 0.4) is 0 Å². The number of nitrogens with zero attached hydrogens (tertiary/aromatic N) is 2. The Morgan fingerprint density at radius 2 is 1.41 bits per heavy atom. The van der Waals surface area contributed by atoms with E-state index in [0.29, 0.717) is 43.9 Å². The number of carbonyl (C=O) groups excluding carboxylic acids is 2. The van der Waals surface area contributed by atoms with Crippen LogP contribution in [0.5, 0.6) is 5.75 Å². The Labute approximate surface area is 199 Å². The van der Waals surface area contributed by atoms with Gasteiger partial charge in [0.1, 0.15) is 18.2 Å². The molecule has 3 aromatic carbocycles. The minimum absolute atomic E-state index is 0.106. The van der Waals surface area contributed by atoms with Crippen LogP contribution in [0.15, 0.2) is 78.9 Å². The van der Waals surface area contributed by atoms with Crippen molar-refractivity contribution in [2.24, 2.45) is 0 Å². The van der Waals surface area contributed by atoms with Gasteiger partial charge in [0.15, 0.2) is 0 Å². The number of rotatable bonds is 8. The summed E-state index contributed by atoms with van der Waals surface area (Å²) in [5.41, 5.74) is 2.56. The number of piperazine rings is 1. The second-order valence-electron chi connectivity index (χ2n) is 8.42. The van der Waals surface area contributed by atoms with Gasteiger partial charge in [-0.15, -0.1) is 0 Å². The molecule has 1 aliphatic heterocycles. The molecule has 1 fully saturated rings. The number of hydrogen-bond acceptors (Lipinski definition) is 3. The molecule has 0 unspecified atom stereocenters. The van der Waals surface area contributed by atoms with Crippen LogP contribution in [0.1, 0.15) is 34.3 Å². The Balaban J connectivity index is 1.27. The number of amides is 2. The number of halogens is 1. The molecule has 0 atom stereocenters. The lowest BCUT2D eigenvalue weighted by Crippen LogP contribution is -2.50. The molecule has 2 amide bonds. The first kappa shape index (κ1) is 23.5. The Bertz CT molecular complexity index is 1090. The normalized spacial score (nSPS) is 13.6. The lowest BCUT2D eigenvalue weighted by molar-refractivity contribution is -0.132. The van der Waals surface area contributed by atoms with Gasteiger partial charge in [0.25, 0.3) is 5.91 Å². The van der Waals surface area contributed by atoms with Crippen molar-refractivity contribution in [3.63, 3.8) is 0 Å². The van der Waals surface area contributed by atoms with Crippen LogP contribution in [0.4, 0.5) is 4.39 Å². The van der Waals surface area contributed by atoms with Gasteiger partial charge in [-0.3, -0.25) is 9.59 Å². The number of para-hydroxylation sites is 1. The molecule has 0 aromatic heterocycles. The van der Waals surface area contributed by atoms with E-state index < -0.39 is 0 Å². The number of aryl methyl sites for hydroxylation is 1. The van der Waals surface area contributed by atoms with Crippen molar-refractivity contribution < 1.29 is 18.7 Å². The van der Waals surface area contributed by atoms with Crippen LogP contribution >= 0.6 is 0 Å². The summed E-state index contributed by atoms with van der Waals surface area (Å²) in [5, 5.41) is 0. The number of ether oxygens (including phenoxy) is 1. The highest BCUT2D eigenvalue weighted by atomic mass is 19.1. The average Bonchev–Trinajstić information content (AvgIpc) is 2.89. The first-order valence-electron chi connectivity index (χ1n) is 11.7. The van der Waals surface area contributed by atoms with Crippen molar-refractivity contribution in [2.75, 3.05) is 26.2 Å². The molecule has 6 heteroatoms. The summed E-state index contributed by atoms with van der Waals surface area (Å²) >= 11 is 0. The summed E-state index contributed by atoms with van der Waals surface area (Å²) in [6.45, 7) is 2.31. The van der Waals surface area contributed by atoms with Gasteiger partial charge >= 0.3 is 0 Å². The van der Waals surface area contributed by atoms with E-state index in [0.717, 1.165) is 18.4 Å². The monoisotopic (exact) mass is 460 g/mol. The van der Waals surface area contributed by atoms with Gasteiger partial charge in [-0.05, 0) is 48.2 Å². The van der Waals surface area contributed by atoms with Crippen molar-refractivity contribution in [3.05, 3.63) is 101 Å². The molecular weight excluding hydrogens is 431 g/mol. The highest BCUT2D eigenvalue weighted by Gasteiger charge is 2.26. The quantitative estimate of drug-likeness (QED) is 0.489. The van der Waals surface area contributed by atoms with Gasteiger partial charge in [0, 0.05) is 32.6 Å². The van der Waals surface area contributed by atoms with Crippen LogP contribution in [0, 0.1) is 5.82 Å². The van der Waals surface area contributed by atoms with Crippen molar-refractivity contribution in [2.45, 2.75) is 25.9 Å². The molecule has 0 spiro atoms. The molecule has 1 heterocycles. The van der Waals surface area contributed by atoms with Crippen molar-refractivity contribution in [1.29, 1.82) is 0 Å². The first-order valence-corrected chi connectivity index (χ1v) is 11.7. The Morgan fingerprint density at radius 1 is 0.765 bits per heavy atom. The third-order valence-electron chi connectivity index (χ3n) is 6.04. The lowest BCUT2D eigenvalue weighted by atomic mass is 10.1. The fraction of sp³-hybridized carbons (Fsp3) is 0.286. The van der Waals surface area contributed by atoms with Gasteiger partial charge in [-0.25, -0.2) is 4.39 Å². The molecule has 176 valence electrons. The van der Waals surface area contributed by atoms with E-state index >= 15 is 0 Å². The fourth-order valence-corrected chi connectivity index (χ4v) is 4.09. The van der Waals surface area contributed by atoms with Gasteiger partial charge in [-0.1, -0.05) is 54.6 Å². The zero-order valence-electron chi connectivity index (χ0n) is 19.2. The summed E-state index contributed by atoms with van der Waals surface area (Å²) in [4.78, 5) is 29.4. The Kier molecular flexibility index (Phi) is 7.91. The summed E-state index contributed by atoms with van der Waals surface area (Å²) in [6.07, 6.45) is 2.23. The molecule has 0 radical (unpaired) electrons. The second-order valence-corrected chi connectivity index (χ2v) is 8.42. The van der Waals surface area contributed by atoms with Crippen LogP contribution in [-0.2, 0) is 17.8 Å². The SMILES string of the molecule is O=C(CCCc1ccccc1)N1CCN(C(=O)c2ccccc2OCc2ccc(F)cc2)CC1. The minimum atomic E-state index is -0.298. The van der Waals surface area contributed by atoms with E-state index in [9.17, 15) is 14.0 Å². The third-order valence-corrected chi connectivity index (χ3v) is 6.04. The highest BCUT2D eigenvalue weighted by molar-refractivity contribution is 5.97. The Hall–Kier alpha value is -3.67. The fourth-order valence-electron chi connectivity index (χ4n) is 4.09. The van der Waals surface area contributed by atoms with Crippen molar-refractivity contribution in [3.8, 4) is 5.75 Å². The first-order chi connectivity index (χ1) is 16.6. The largest absolute Gasteiger partial charge is 0.488 e. The zero-order chi connectivity index (χ0) is 23.8. The zero-order valence-corrected chi connectivity index (χ0v) is 19.2. The number of benzene rings is 3. The molecule has 4 rings (SSSR count). The van der Waals surface area contributed by atoms with E-state index in [-0.39, 0.29) is 24.2 Å².